The number of hydrogen-bond donors (Lipinski definition) is 0. The third kappa shape index (κ3) is 6.18. The van der Waals surface area contributed by atoms with Crippen molar-refractivity contribution in [3.05, 3.63) is 108 Å². The molecule has 204 valence electrons. The molecule has 0 radical (unpaired) electrons. The summed E-state index contributed by atoms with van der Waals surface area (Å²) in [5.74, 6) is 1.78. The van der Waals surface area contributed by atoms with Gasteiger partial charge in [-0.05, 0) is 83.6 Å². The third-order valence-corrected chi connectivity index (χ3v) is 7.46. The normalized spacial score (nSPS) is 14.2. The summed E-state index contributed by atoms with van der Waals surface area (Å²) in [4.78, 5) is 23.6. The van der Waals surface area contributed by atoms with Gasteiger partial charge in [0.25, 0.3) is 0 Å². The van der Waals surface area contributed by atoms with Crippen molar-refractivity contribution in [1.29, 1.82) is 0 Å². The maximum absolute atomic E-state index is 12.5. The highest BCUT2D eigenvalue weighted by Crippen LogP contribution is 2.45. The highest BCUT2D eigenvalue weighted by Gasteiger charge is 2.35. The number of rotatable bonds is 7. The average Bonchev–Trinajstić information content (AvgIpc) is 2.98. The van der Waals surface area contributed by atoms with Crippen molar-refractivity contribution >= 4 is 12.1 Å². The summed E-state index contributed by atoms with van der Waals surface area (Å²) in [6.45, 7) is 1.36. The summed E-state index contributed by atoms with van der Waals surface area (Å²) in [7, 11) is 1.68. The molecule has 0 unspecified atom stereocenters. The van der Waals surface area contributed by atoms with E-state index in [2.05, 4.69) is 24.3 Å². The van der Waals surface area contributed by atoms with Crippen LogP contribution in [0, 0.1) is 0 Å². The first kappa shape index (κ1) is 27.0. The van der Waals surface area contributed by atoms with Gasteiger partial charge in [-0.15, -0.1) is 0 Å². The lowest BCUT2D eigenvalue weighted by atomic mass is 9.65. The Kier molecular flexibility index (Phi) is 8.15. The fourth-order valence-electron chi connectivity index (χ4n) is 5.46. The van der Waals surface area contributed by atoms with E-state index in [4.69, 9.17) is 18.9 Å². The molecule has 4 aromatic carbocycles. The molecule has 0 aromatic heterocycles. The number of ether oxygens (including phenoxy) is 4. The van der Waals surface area contributed by atoms with Crippen molar-refractivity contribution in [2.24, 2.45) is 0 Å². The van der Waals surface area contributed by atoms with E-state index in [-0.39, 0.29) is 11.4 Å². The highest BCUT2D eigenvalue weighted by molar-refractivity contribution is 5.71. The number of esters is 1. The van der Waals surface area contributed by atoms with Crippen LogP contribution in [0.5, 0.6) is 23.0 Å². The summed E-state index contributed by atoms with van der Waals surface area (Å²) in [6, 6.07) is 30.4. The van der Waals surface area contributed by atoms with Gasteiger partial charge in [0.15, 0.2) is 0 Å². The molecule has 40 heavy (non-hydrogen) atoms. The van der Waals surface area contributed by atoms with Crippen molar-refractivity contribution in [3.8, 4) is 34.1 Å². The molecule has 1 saturated carbocycles. The molecule has 0 saturated heterocycles. The molecule has 6 nitrogen and oxygen atoms in total. The molecule has 0 bridgehead atoms. The summed E-state index contributed by atoms with van der Waals surface area (Å²) in [5.41, 5.74) is 4.31. The SMILES string of the molecule is COc1ccc(C2(c3ccc(OC(=O)Oc4ccc(-c5ccc(OC(C)=O)cc5)cc4)cc3)CCCCC2)cc1. The lowest BCUT2D eigenvalue weighted by Crippen LogP contribution is -2.30. The van der Waals surface area contributed by atoms with Gasteiger partial charge in [-0.25, -0.2) is 4.79 Å². The monoisotopic (exact) mass is 536 g/mol. The summed E-state index contributed by atoms with van der Waals surface area (Å²) >= 11 is 0. The molecule has 0 amide bonds. The van der Waals surface area contributed by atoms with Gasteiger partial charge < -0.3 is 18.9 Å². The number of carbonyl (C=O) groups excluding carboxylic acids is 2. The van der Waals surface area contributed by atoms with E-state index < -0.39 is 6.16 Å². The number of hydrogen-bond acceptors (Lipinski definition) is 6. The van der Waals surface area contributed by atoms with Gasteiger partial charge in [-0.3, -0.25) is 4.79 Å². The van der Waals surface area contributed by atoms with Crippen LogP contribution >= 0.6 is 0 Å². The first-order valence-electron chi connectivity index (χ1n) is 13.5. The third-order valence-electron chi connectivity index (χ3n) is 7.46. The van der Waals surface area contributed by atoms with Crippen LogP contribution in [0.3, 0.4) is 0 Å². The quantitative estimate of drug-likeness (QED) is 0.135. The Morgan fingerprint density at radius 2 is 0.950 bits per heavy atom. The zero-order chi connectivity index (χ0) is 28.0. The Labute approximate surface area is 234 Å². The van der Waals surface area contributed by atoms with Crippen LogP contribution in [0.15, 0.2) is 97.1 Å². The number of carbonyl (C=O) groups is 2. The van der Waals surface area contributed by atoms with Crippen molar-refractivity contribution < 1.29 is 28.5 Å². The molecule has 0 aliphatic heterocycles. The lowest BCUT2D eigenvalue weighted by Gasteiger charge is -2.38. The summed E-state index contributed by atoms with van der Waals surface area (Å²) in [6.07, 6.45) is 4.95. The predicted octanol–water partition coefficient (Wildman–Crippen LogP) is 8.12. The van der Waals surface area contributed by atoms with Crippen LogP contribution < -0.4 is 18.9 Å². The van der Waals surface area contributed by atoms with Gasteiger partial charge in [0.2, 0.25) is 0 Å². The molecule has 4 aromatic rings. The molecular weight excluding hydrogens is 504 g/mol. The molecule has 1 aliphatic carbocycles. The Morgan fingerprint density at radius 1 is 0.550 bits per heavy atom. The summed E-state index contributed by atoms with van der Waals surface area (Å²) < 4.78 is 21.3. The van der Waals surface area contributed by atoms with Crippen molar-refractivity contribution in [3.63, 3.8) is 0 Å². The van der Waals surface area contributed by atoms with E-state index in [9.17, 15) is 9.59 Å². The first-order valence-corrected chi connectivity index (χ1v) is 13.5. The topological polar surface area (TPSA) is 71.1 Å². The molecule has 5 rings (SSSR count). The minimum absolute atomic E-state index is 0.0634. The minimum atomic E-state index is -0.797. The maximum Gasteiger partial charge on any atom is 0.519 e. The molecule has 0 N–H and O–H groups in total. The fraction of sp³-hybridized carbons (Fsp3) is 0.235. The zero-order valence-electron chi connectivity index (χ0n) is 22.7. The van der Waals surface area contributed by atoms with Gasteiger partial charge in [-0.2, -0.15) is 0 Å². The molecule has 0 heterocycles. The van der Waals surface area contributed by atoms with Crippen LogP contribution in [-0.4, -0.2) is 19.2 Å². The van der Waals surface area contributed by atoms with Crippen LogP contribution in [0.2, 0.25) is 0 Å². The summed E-state index contributed by atoms with van der Waals surface area (Å²) in [5, 5.41) is 0. The van der Waals surface area contributed by atoms with E-state index in [1.165, 1.54) is 37.3 Å². The molecular formula is C34H32O6. The molecule has 0 atom stereocenters. The van der Waals surface area contributed by atoms with E-state index in [1.807, 2.05) is 48.5 Å². The average molecular weight is 537 g/mol. The van der Waals surface area contributed by atoms with Crippen LogP contribution in [0.1, 0.15) is 50.2 Å². The maximum atomic E-state index is 12.5. The lowest BCUT2D eigenvalue weighted by molar-refractivity contribution is -0.131. The molecule has 1 aliphatic rings. The number of methoxy groups -OCH3 is 1. The second-order valence-corrected chi connectivity index (χ2v) is 9.99. The van der Waals surface area contributed by atoms with E-state index in [0.29, 0.717) is 17.2 Å². The largest absolute Gasteiger partial charge is 0.519 e. The van der Waals surface area contributed by atoms with Gasteiger partial charge in [0.05, 0.1) is 7.11 Å². The smallest absolute Gasteiger partial charge is 0.497 e. The Bertz CT molecular complexity index is 1430. The van der Waals surface area contributed by atoms with Gasteiger partial charge in [0.1, 0.15) is 23.0 Å². The van der Waals surface area contributed by atoms with Crippen molar-refractivity contribution in [2.75, 3.05) is 7.11 Å². The van der Waals surface area contributed by atoms with E-state index in [1.54, 1.807) is 31.4 Å². The van der Waals surface area contributed by atoms with Crippen LogP contribution in [0.4, 0.5) is 4.79 Å². The van der Waals surface area contributed by atoms with Gasteiger partial charge >= 0.3 is 12.1 Å². The number of benzene rings is 4. The molecule has 0 spiro atoms. The van der Waals surface area contributed by atoms with Crippen molar-refractivity contribution in [1.82, 2.24) is 0 Å². The molecule has 6 heteroatoms. The minimum Gasteiger partial charge on any atom is -0.497 e. The second kappa shape index (κ2) is 12.1. The Hall–Kier alpha value is -4.58. The van der Waals surface area contributed by atoms with Gasteiger partial charge in [0, 0.05) is 12.3 Å². The van der Waals surface area contributed by atoms with Crippen molar-refractivity contribution in [2.45, 2.75) is 44.4 Å². The standard InChI is InChI=1S/C34H32O6/c1-24(35)38-30-14-6-25(7-15-30)26-8-16-31(17-9-26)39-33(36)40-32-20-12-28(13-21-32)34(22-4-3-5-23-34)27-10-18-29(37-2)19-11-27/h6-21H,3-5,22-23H2,1-2H3. The fourth-order valence-corrected chi connectivity index (χ4v) is 5.46. The van der Waals surface area contributed by atoms with Crippen LogP contribution in [-0.2, 0) is 10.2 Å². The Morgan fingerprint density at radius 3 is 1.38 bits per heavy atom. The highest BCUT2D eigenvalue weighted by atomic mass is 16.7. The molecule has 1 fully saturated rings. The predicted molar refractivity (Wildman–Crippen MR) is 153 cm³/mol. The Balaban J connectivity index is 1.23. The van der Waals surface area contributed by atoms with Gasteiger partial charge in [-0.1, -0.05) is 67.8 Å². The van der Waals surface area contributed by atoms with Crippen LogP contribution in [0.25, 0.3) is 11.1 Å². The zero-order valence-corrected chi connectivity index (χ0v) is 22.7. The first-order chi connectivity index (χ1) is 19.4. The van der Waals surface area contributed by atoms with E-state index >= 15 is 0 Å². The van der Waals surface area contributed by atoms with E-state index in [0.717, 1.165) is 29.7 Å². The second-order valence-electron chi connectivity index (χ2n) is 9.99.